The van der Waals surface area contributed by atoms with Crippen molar-refractivity contribution in [2.24, 2.45) is 0 Å². The number of aryl methyl sites for hydroxylation is 2. The first-order valence-electron chi connectivity index (χ1n) is 5.23. The summed E-state index contributed by atoms with van der Waals surface area (Å²) in [5.41, 5.74) is 2.18. The highest BCUT2D eigenvalue weighted by Gasteiger charge is 2.05. The zero-order valence-corrected chi connectivity index (χ0v) is 10.4. The van der Waals surface area contributed by atoms with Gasteiger partial charge in [-0.2, -0.15) is 0 Å². The SMILES string of the molecule is CCc1nc(=S)c2cc(OC)cc(C)c2[nH]1. The summed E-state index contributed by atoms with van der Waals surface area (Å²) in [4.78, 5) is 7.64. The van der Waals surface area contributed by atoms with E-state index < -0.39 is 0 Å². The van der Waals surface area contributed by atoms with Gasteiger partial charge < -0.3 is 9.72 Å². The monoisotopic (exact) mass is 234 g/mol. The van der Waals surface area contributed by atoms with Crippen LogP contribution >= 0.6 is 12.2 Å². The largest absolute Gasteiger partial charge is 0.497 e. The number of benzene rings is 1. The predicted octanol–water partition coefficient (Wildman–Crippen LogP) is 3.17. The third-order valence-corrected chi connectivity index (χ3v) is 2.93. The molecule has 0 amide bonds. The fourth-order valence-electron chi connectivity index (χ4n) is 1.73. The Kier molecular flexibility index (Phi) is 2.92. The molecule has 0 atom stereocenters. The standard InChI is InChI=1S/C12H14N2OS/c1-4-10-13-11-7(2)5-8(15-3)6-9(11)12(16)14-10/h5-6H,4H2,1-3H3,(H,13,14,16). The van der Waals surface area contributed by atoms with E-state index in [4.69, 9.17) is 17.0 Å². The molecule has 2 aromatic rings. The minimum absolute atomic E-state index is 0.632. The number of H-pyrrole nitrogens is 1. The molecular formula is C12H14N2OS. The van der Waals surface area contributed by atoms with Crippen LogP contribution in [-0.2, 0) is 6.42 Å². The van der Waals surface area contributed by atoms with Crippen LogP contribution < -0.4 is 4.74 Å². The molecule has 2 rings (SSSR count). The van der Waals surface area contributed by atoms with E-state index in [1.807, 2.05) is 19.1 Å². The van der Waals surface area contributed by atoms with E-state index in [9.17, 15) is 0 Å². The Morgan fingerprint density at radius 3 is 2.81 bits per heavy atom. The minimum atomic E-state index is 0.632. The first kappa shape index (κ1) is 11.1. The molecule has 0 unspecified atom stereocenters. The molecule has 0 bridgehead atoms. The summed E-state index contributed by atoms with van der Waals surface area (Å²) in [5.74, 6) is 1.74. The summed E-state index contributed by atoms with van der Waals surface area (Å²) in [6.07, 6.45) is 0.852. The van der Waals surface area contributed by atoms with Gasteiger partial charge in [0.05, 0.1) is 12.6 Å². The molecule has 0 spiro atoms. The van der Waals surface area contributed by atoms with Crippen LogP contribution in [0, 0.1) is 11.6 Å². The van der Waals surface area contributed by atoms with Gasteiger partial charge in [0, 0.05) is 11.8 Å². The van der Waals surface area contributed by atoms with E-state index in [-0.39, 0.29) is 0 Å². The molecule has 1 heterocycles. The van der Waals surface area contributed by atoms with Crippen molar-refractivity contribution in [1.29, 1.82) is 0 Å². The van der Waals surface area contributed by atoms with Gasteiger partial charge >= 0.3 is 0 Å². The van der Waals surface area contributed by atoms with Crippen molar-refractivity contribution in [1.82, 2.24) is 9.97 Å². The number of nitrogens with one attached hydrogen (secondary N) is 1. The van der Waals surface area contributed by atoms with Gasteiger partial charge in [0.2, 0.25) is 0 Å². The molecule has 4 heteroatoms. The van der Waals surface area contributed by atoms with Crippen LogP contribution in [0.2, 0.25) is 0 Å². The Morgan fingerprint density at radius 2 is 2.19 bits per heavy atom. The summed E-state index contributed by atoms with van der Waals surface area (Å²) in [7, 11) is 1.65. The molecule has 0 radical (unpaired) electrons. The van der Waals surface area contributed by atoms with Crippen LogP contribution in [0.5, 0.6) is 5.75 Å². The number of nitrogens with zero attached hydrogens (tertiary/aromatic N) is 1. The van der Waals surface area contributed by atoms with Crippen molar-refractivity contribution in [3.8, 4) is 5.75 Å². The highest BCUT2D eigenvalue weighted by atomic mass is 32.1. The molecule has 0 aliphatic carbocycles. The molecule has 84 valence electrons. The number of hydrogen-bond donors (Lipinski definition) is 1. The second-order valence-electron chi connectivity index (χ2n) is 3.71. The third kappa shape index (κ3) is 1.80. The summed E-state index contributed by atoms with van der Waals surface area (Å²) in [6.45, 7) is 4.09. The first-order chi connectivity index (χ1) is 7.65. The summed E-state index contributed by atoms with van der Waals surface area (Å²) < 4.78 is 5.86. The van der Waals surface area contributed by atoms with Crippen molar-refractivity contribution in [2.75, 3.05) is 7.11 Å². The molecule has 0 saturated carbocycles. The maximum atomic E-state index is 5.29. The Labute approximate surface area is 99.5 Å². The van der Waals surface area contributed by atoms with Crippen molar-refractivity contribution in [2.45, 2.75) is 20.3 Å². The van der Waals surface area contributed by atoms with E-state index in [1.165, 1.54) is 0 Å². The number of rotatable bonds is 2. The molecule has 16 heavy (non-hydrogen) atoms. The average molecular weight is 234 g/mol. The van der Waals surface area contributed by atoms with Crippen LogP contribution in [0.15, 0.2) is 12.1 Å². The summed E-state index contributed by atoms with van der Waals surface area (Å²) in [6, 6.07) is 3.92. The molecule has 0 aliphatic rings. The molecule has 0 aliphatic heterocycles. The Bertz CT molecular complexity index is 589. The minimum Gasteiger partial charge on any atom is -0.497 e. The van der Waals surface area contributed by atoms with E-state index in [2.05, 4.69) is 16.9 Å². The van der Waals surface area contributed by atoms with E-state index >= 15 is 0 Å². The van der Waals surface area contributed by atoms with Gasteiger partial charge in [0.25, 0.3) is 0 Å². The Balaban J connectivity index is 2.84. The highest BCUT2D eigenvalue weighted by Crippen LogP contribution is 2.23. The van der Waals surface area contributed by atoms with Gasteiger partial charge in [-0.15, -0.1) is 0 Å². The van der Waals surface area contributed by atoms with Crippen molar-refractivity contribution < 1.29 is 4.74 Å². The lowest BCUT2D eigenvalue weighted by Crippen LogP contribution is -1.96. The normalized spacial score (nSPS) is 10.7. The summed E-state index contributed by atoms with van der Waals surface area (Å²) in [5, 5.41) is 0.948. The smallest absolute Gasteiger partial charge is 0.137 e. The number of aromatic amines is 1. The maximum Gasteiger partial charge on any atom is 0.137 e. The summed E-state index contributed by atoms with van der Waals surface area (Å²) >= 11 is 5.29. The second-order valence-corrected chi connectivity index (χ2v) is 4.10. The molecule has 3 nitrogen and oxygen atoms in total. The number of methoxy groups -OCH3 is 1. The average Bonchev–Trinajstić information content (AvgIpc) is 2.29. The zero-order valence-electron chi connectivity index (χ0n) is 9.63. The first-order valence-corrected chi connectivity index (χ1v) is 5.64. The van der Waals surface area contributed by atoms with Crippen molar-refractivity contribution >= 4 is 23.1 Å². The molecule has 1 aromatic heterocycles. The van der Waals surface area contributed by atoms with Gasteiger partial charge in [-0.05, 0) is 24.6 Å². The van der Waals surface area contributed by atoms with Gasteiger partial charge in [0.15, 0.2) is 0 Å². The van der Waals surface area contributed by atoms with Gasteiger partial charge in [-0.1, -0.05) is 19.1 Å². The molecular weight excluding hydrogens is 220 g/mol. The van der Waals surface area contributed by atoms with Gasteiger partial charge in [-0.25, -0.2) is 4.98 Å². The van der Waals surface area contributed by atoms with E-state index in [0.29, 0.717) is 4.64 Å². The van der Waals surface area contributed by atoms with Crippen LogP contribution in [-0.4, -0.2) is 17.1 Å². The highest BCUT2D eigenvalue weighted by molar-refractivity contribution is 7.71. The van der Waals surface area contributed by atoms with Crippen LogP contribution in [0.1, 0.15) is 18.3 Å². The number of hydrogen-bond acceptors (Lipinski definition) is 3. The lowest BCUT2D eigenvalue weighted by atomic mass is 10.1. The predicted molar refractivity (Wildman–Crippen MR) is 67.6 cm³/mol. The van der Waals surface area contributed by atoms with E-state index in [1.54, 1.807) is 7.11 Å². The number of aromatic nitrogens is 2. The van der Waals surface area contributed by atoms with E-state index in [0.717, 1.165) is 34.5 Å². The van der Waals surface area contributed by atoms with Gasteiger partial charge in [0.1, 0.15) is 16.2 Å². The second kappa shape index (κ2) is 4.22. The Hall–Kier alpha value is -1.42. The lowest BCUT2D eigenvalue weighted by molar-refractivity contribution is 0.415. The van der Waals surface area contributed by atoms with Crippen LogP contribution in [0.4, 0.5) is 0 Å². The molecule has 0 fully saturated rings. The zero-order chi connectivity index (χ0) is 11.7. The maximum absolute atomic E-state index is 5.29. The van der Waals surface area contributed by atoms with Gasteiger partial charge in [-0.3, -0.25) is 0 Å². The fraction of sp³-hybridized carbons (Fsp3) is 0.333. The Morgan fingerprint density at radius 1 is 1.44 bits per heavy atom. The quantitative estimate of drug-likeness (QED) is 0.811. The molecule has 1 N–H and O–H groups in total. The van der Waals surface area contributed by atoms with Crippen molar-refractivity contribution in [3.63, 3.8) is 0 Å². The van der Waals surface area contributed by atoms with Crippen LogP contribution in [0.25, 0.3) is 10.9 Å². The number of ether oxygens (including phenoxy) is 1. The topological polar surface area (TPSA) is 37.9 Å². The van der Waals surface area contributed by atoms with Crippen LogP contribution in [0.3, 0.4) is 0 Å². The lowest BCUT2D eigenvalue weighted by Gasteiger charge is -2.08. The molecule has 0 saturated heterocycles. The third-order valence-electron chi connectivity index (χ3n) is 2.62. The van der Waals surface area contributed by atoms with Crippen molar-refractivity contribution in [3.05, 3.63) is 28.2 Å². The fourth-order valence-corrected chi connectivity index (χ4v) is 2.00. The number of fused-ring (bicyclic) bond motifs is 1. The molecule has 1 aromatic carbocycles.